The second-order valence-electron chi connectivity index (χ2n) is 12.2. The topological polar surface area (TPSA) is 78.4 Å². The van der Waals surface area contributed by atoms with Crippen LogP contribution in [0.25, 0.3) is 11.0 Å². The molecule has 1 atom stereocenters. The molecular weight excluding hydrogens is 565 g/mol. The zero-order chi connectivity index (χ0) is 29.6. The minimum absolute atomic E-state index is 0.0357. The van der Waals surface area contributed by atoms with E-state index >= 15 is 0 Å². The average Bonchev–Trinajstić information content (AvgIpc) is 3.62. The number of rotatable bonds is 5. The first-order valence-electron chi connectivity index (χ1n) is 15.0. The van der Waals surface area contributed by atoms with Gasteiger partial charge in [-0.2, -0.15) is 0 Å². The van der Waals surface area contributed by atoms with Gasteiger partial charge in [0.05, 0.1) is 27.7 Å². The van der Waals surface area contributed by atoms with Gasteiger partial charge in [0.25, 0.3) is 11.8 Å². The molecule has 43 heavy (non-hydrogen) atoms. The molecular formula is C34H33ClFN5O2. The molecule has 9 heteroatoms. The molecule has 2 fully saturated rings. The summed E-state index contributed by atoms with van der Waals surface area (Å²) in [5.41, 5.74) is 5.76. The van der Waals surface area contributed by atoms with Crippen LogP contribution in [0.1, 0.15) is 69.1 Å². The van der Waals surface area contributed by atoms with Crippen molar-refractivity contribution in [3.63, 3.8) is 0 Å². The highest BCUT2D eigenvalue weighted by molar-refractivity contribution is 6.33. The number of carbonyl (C=O) groups is 2. The minimum atomic E-state index is -0.649. The molecule has 1 spiro atoms. The molecule has 4 aromatic rings. The molecule has 7 rings (SSSR count). The minimum Gasteiger partial charge on any atom is -0.345 e. The molecule has 1 N–H and O–H groups in total. The molecule has 2 aliphatic heterocycles. The van der Waals surface area contributed by atoms with Crippen LogP contribution in [0.3, 0.4) is 0 Å². The standard InChI is InChI=1S/C34H33ClFN5O2/c35-26-2-1-3-27(36)31(26)32(42)39-28-9-7-23-5-6-24(19-25(23)28)33(43)41-17-12-34(21-41)10-15-40(16-11-34)20-22-4-8-29-30(18-22)38-14-13-37-29/h1-6,8,13-14,18-19,28H,7,9-12,15-17,20-21H2,(H,39,42). The van der Waals surface area contributed by atoms with E-state index in [2.05, 4.69) is 32.3 Å². The zero-order valence-electron chi connectivity index (χ0n) is 23.9. The van der Waals surface area contributed by atoms with Crippen LogP contribution < -0.4 is 5.32 Å². The monoisotopic (exact) mass is 597 g/mol. The van der Waals surface area contributed by atoms with Crippen LogP contribution in [0.15, 0.2) is 67.0 Å². The van der Waals surface area contributed by atoms with E-state index in [4.69, 9.17) is 11.6 Å². The van der Waals surface area contributed by atoms with Gasteiger partial charge >= 0.3 is 0 Å². The number of benzene rings is 3. The molecule has 2 amide bonds. The van der Waals surface area contributed by atoms with Gasteiger partial charge in [-0.3, -0.25) is 24.5 Å². The van der Waals surface area contributed by atoms with E-state index in [1.807, 2.05) is 29.2 Å². The summed E-state index contributed by atoms with van der Waals surface area (Å²) in [6, 6.07) is 16.0. The van der Waals surface area contributed by atoms with E-state index in [0.29, 0.717) is 12.0 Å². The van der Waals surface area contributed by atoms with Gasteiger partial charge < -0.3 is 10.2 Å². The van der Waals surface area contributed by atoms with Crippen molar-refractivity contribution in [1.82, 2.24) is 25.1 Å². The van der Waals surface area contributed by atoms with Crippen LogP contribution in [-0.4, -0.2) is 57.8 Å². The summed E-state index contributed by atoms with van der Waals surface area (Å²) in [6.07, 6.45) is 8.09. The third-order valence-corrected chi connectivity index (χ3v) is 9.86. The maximum Gasteiger partial charge on any atom is 0.256 e. The lowest BCUT2D eigenvalue weighted by molar-refractivity contribution is 0.0713. The van der Waals surface area contributed by atoms with E-state index in [0.717, 1.165) is 80.6 Å². The Morgan fingerprint density at radius 2 is 1.77 bits per heavy atom. The summed E-state index contributed by atoms with van der Waals surface area (Å²) in [7, 11) is 0. The number of hydrogen-bond acceptors (Lipinski definition) is 5. The quantitative estimate of drug-likeness (QED) is 0.307. The number of fused-ring (bicyclic) bond motifs is 2. The summed E-state index contributed by atoms with van der Waals surface area (Å²) in [4.78, 5) is 39.9. The van der Waals surface area contributed by atoms with Crippen LogP contribution in [-0.2, 0) is 13.0 Å². The van der Waals surface area contributed by atoms with Crippen molar-refractivity contribution in [3.8, 4) is 0 Å². The van der Waals surface area contributed by atoms with Crippen molar-refractivity contribution < 1.29 is 14.0 Å². The number of nitrogens with zero attached hydrogens (tertiary/aromatic N) is 4. The Balaban J connectivity index is 0.981. The molecule has 1 aliphatic carbocycles. The maximum absolute atomic E-state index is 14.3. The van der Waals surface area contributed by atoms with Crippen LogP contribution in [0.5, 0.6) is 0 Å². The Hall–Kier alpha value is -3.88. The first-order chi connectivity index (χ1) is 20.9. The van der Waals surface area contributed by atoms with Crippen molar-refractivity contribution in [3.05, 3.63) is 106 Å². The van der Waals surface area contributed by atoms with Crippen molar-refractivity contribution in [2.45, 2.75) is 44.7 Å². The lowest BCUT2D eigenvalue weighted by Crippen LogP contribution is -2.42. The van der Waals surface area contributed by atoms with Crippen LogP contribution in [0.2, 0.25) is 5.02 Å². The van der Waals surface area contributed by atoms with Crippen LogP contribution in [0.4, 0.5) is 4.39 Å². The highest BCUT2D eigenvalue weighted by Crippen LogP contribution is 2.41. The van der Waals surface area contributed by atoms with E-state index in [-0.39, 0.29) is 28.0 Å². The Bertz CT molecular complexity index is 1700. The average molecular weight is 598 g/mol. The molecule has 3 aliphatic rings. The molecule has 7 nitrogen and oxygen atoms in total. The van der Waals surface area contributed by atoms with Gasteiger partial charge in [0.15, 0.2) is 0 Å². The molecule has 2 saturated heterocycles. The first-order valence-corrected chi connectivity index (χ1v) is 15.3. The molecule has 3 aromatic carbocycles. The maximum atomic E-state index is 14.3. The van der Waals surface area contributed by atoms with Crippen LogP contribution >= 0.6 is 11.6 Å². The van der Waals surface area contributed by atoms with Gasteiger partial charge in [-0.1, -0.05) is 29.8 Å². The number of hydrogen-bond donors (Lipinski definition) is 1. The number of aryl methyl sites for hydroxylation is 1. The number of aromatic nitrogens is 2. The molecule has 1 unspecified atom stereocenters. The van der Waals surface area contributed by atoms with E-state index in [9.17, 15) is 14.0 Å². The molecule has 0 radical (unpaired) electrons. The number of halogens is 2. The third kappa shape index (κ3) is 5.50. The van der Waals surface area contributed by atoms with Gasteiger partial charge in [0.2, 0.25) is 0 Å². The van der Waals surface area contributed by atoms with Crippen molar-refractivity contribution in [2.24, 2.45) is 5.41 Å². The number of likely N-dealkylation sites (tertiary alicyclic amines) is 2. The summed E-state index contributed by atoms with van der Waals surface area (Å²) in [6.45, 7) is 4.43. The number of nitrogens with one attached hydrogen (secondary N) is 1. The van der Waals surface area contributed by atoms with Gasteiger partial charge in [-0.05, 0) is 104 Å². The number of carbonyl (C=O) groups excluding carboxylic acids is 2. The second-order valence-corrected chi connectivity index (χ2v) is 12.6. The zero-order valence-corrected chi connectivity index (χ0v) is 24.6. The second kappa shape index (κ2) is 11.3. The third-order valence-electron chi connectivity index (χ3n) is 9.55. The Labute approximate surface area is 255 Å². The molecule has 1 aromatic heterocycles. The van der Waals surface area contributed by atoms with Crippen LogP contribution in [0, 0.1) is 11.2 Å². The lowest BCUT2D eigenvalue weighted by Gasteiger charge is -2.39. The predicted molar refractivity (Wildman–Crippen MR) is 163 cm³/mol. The fourth-order valence-electron chi connectivity index (χ4n) is 7.08. The van der Waals surface area contributed by atoms with Gasteiger partial charge in [-0.15, -0.1) is 0 Å². The fourth-order valence-corrected chi connectivity index (χ4v) is 7.33. The summed E-state index contributed by atoms with van der Waals surface area (Å²) >= 11 is 6.12. The Kier molecular flexibility index (Phi) is 7.35. The van der Waals surface area contributed by atoms with E-state index < -0.39 is 11.7 Å². The summed E-state index contributed by atoms with van der Waals surface area (Å²) in [5.74, 6) is -1.15. The SMILES string of the molecule is O=C(NC1CCc2ccc(C(=O)N3CCC4(CCN(Cc5ccc6nccnc6c5)CC4)C3)cc21)c1c(F)cccc1Cl. The molecule has 220 valence electrons. The van der Waals surface area contributed by atoms with Gasteiger partial charge in [-0.25, -0.2) is 4.39 Å². The highest BCUT2D eigenvalue weighted by atomic mass is 35.5. The Morgan fingerprint density at radius 1 is 0.977 bits per heavy atom. The summed E-state index contributed by atoms with van der Waals surface area (Å²) in [5, 5.41) is 3.03. The Morgan fingerprint density at radius 3 is 2.58 bits per heavy atom. The largest absolute Gasteiger partial charge is 0.345 e. The van der Waals surface area contributed by atoms with Gasteiger partial charge in [0, 0.05) is 37.6 Å². The first kappa shape index (κ1) is 27.9. The van der Waals surface area contributed by atoms with Crippen molar-refractivity contribution in [1.29, 1.82) is 0 Å². The van der Waals surface area contributed by atoms with E-state index in [1.54, 1.807) is 12.4 Å². The summed E-state index contributed by atoms with van der Waals surface area (Å²) < 4.78 is 14.3. The van der Waals surface area contributed by atoms with Crippen molar-refractivity contribution in [2.75, 3.05) is 26.2 Å². The van der Waals surface area contributed by atoms with E-state index in [1.165, 1.54) is 23.8 Å². The van der Waals surface area contributed by atoms with Crippen molar-refractivity contribution >= 4 is 34.4 Å². The number of amides is 2. The van der Waals surface area contributed by atoms with Gasteiger partial charge in [0.1, 0.15) is 5.82 Å². The molecule has 0 bridgehead atoms. The fraction of sp³-hybridized carbons (Fsp3) is 0.353. The molecule has 3 heterocycles. The molecule has 0 saturated carbocycles. The predicted octanol–water partition coefficient (Wildman–Crippen LogP) is 5.97. The number of piperidine rings is 1. The normalized spacial score (nSPS) is 19.6. The lowest BCUT2D eigenvalue weighted by atomic mass is 9.77. The highest BCUT2D eigenvalue weighted by Gasteiger charge is 2.42. The smallest absolute Gasteiger partial charge is 0.256 e.